The summed E-state index contributed by atoms with van der Waals surface area (Å²) in [7, 11) is 1.33. The van der Waals surface area contributed by atoms with Gasteiger partial charge < -0.3 is 14.8 Å². The molecule has 1 aromatic heterocycles. The summed E-state index contributed by atoms with van der Waals surface area (Å²) in [4.78, 5) is 26.5. The molecule has 1 amide bonds. The average Bonchev–Trinajstić information content (AvgIpc) is 3.12. The van der Waals surface area contributed by atoms with Gasteiger partial charge in [-0.15, -0.1) is 11.3 Å². The molecule has 1 heterocycles. The summed E-state index contributed by atoms with van der Waals surface area (Å²) in [5.41, 5.74) is 1.94. The van der Waals surface area contributed by atoms with Crippen LogP contribution in [0.5, 0.6) is 5.75 Å². The maximum Gasteiger partial charge on any atom is 0.341 e. The maximum atomic E-state index is 12.9. The van der Waals surface area contributed by atoms with Crippen molar-refractivity contribution in [2.24, 2.45) is 5.92 Å². The van der Waals surface area contributed by atoms with E-state index in [1.54, 1.807) is 12.1 Å². The number of rotatable bonds is 7. The van der Waals surface area contributed by atoms with E-state index in [0.29, 0.717) is 34.4 Å². The summed E-state index contributed by atoms with van der Waals surface area (Å²) in [5, 5.41) is 12.8. The first kappa shape index (κ1) is 22.6. The van der Waals surface area contributed by atoms with Gasteiger partial charge in [0.05, 0.1) is 19.3 Å². The number of benzene rings is 1. The molecule has 0 fully saturated rings. The molecule has 1 atom stereocenters. The minimum Gasteiger partial charge on any atom is -0.493 e. The molecule has 2 aromatic rings. The summed E-state index contributed by atoms with van der Waals surface area (Å²) >= 11 is 1.39. The lowest BCUT2D eigenvalue weighted by atomic mass is 9.88. The molecule has 1 aromatic carbocycles. The molecule has 0 aliphatic heterocycles. The molecule has 1 unspecified atom stereocenters. The minimum atomic E-state index is -0.565. The second-order valence-electron chi connectivity index (χ2n) is 7.56. The summed E-state index contributed by atoms with van der Waals surface area (Å²) in [6.07, 6.45) is 4.98. The van der Waals surface area contributed by atoms with Crippen molar-refractivity contribution in [2.45, 2.75) is 39.5 Å². The largest absolute Gasteiger partial charge is 0.493 e. The molecule has 6 nitrogen and oxygen atoms in total. The quantitative estimate of drug-likeness (QED) is 0.374. The fraction of sp³-hybridized carbons (Fsp3) is 0.375. The Morgan fingerprint density at radius 3 is 2.84 bits per heavy atom. The zero-order valence-corrected chi connectivity index (χ0v) is 18.8. The van der Waals surface area contributed by atoms with Crippen LogP contribution < -0.4 is 10.1 Å². The van der Waals surface area contributed by atoms with Crippen molar-refractivity contribution < 1.29 is 19.1 Å². The van der Waals surface area contributed by atoms with Gasteiger partial charge in [0.1, 0.15) is 22.4 Å². The van der Waals surface area contributed by atoms with Crippen LogP contribution in [0.2, 0.25) is 0 Å². The van der Waals surface area contributed by atoms with Crippen LogP contribution in [0.15, 0.2) is 29.8 Å². The van der Waals surface area contributed by atoms with Crippen LogP contribution in [-0.4, -0.2) is 25.6 Å². The second-order valence-corrected chi connectivity index (χ2v) is 8.66. The Labute approximate surface area is 186 Å². The number of amides is 1. The maximum absolute atomic E-state index is 12.9. The number of thiophene rings is 1. The van der Waals surface area contributed by atoms with Gasteiger partial charge in [-0.25, -0.2) is 4.79 Å². The highest BCUT2D eigenvalue weighted by molar-refractivity contribution is 7.17. The number of hydrogen-bond donors (Lipinski definition) is 1. The number of para-hydroxylation sites is 1. The van der Waals surface area contributed by atoms with Crippen molar-refractivity contribution in [3.05, 3.63) is 51.4 Å². The number of nitrogens with one attached hydrogen (secondary N) is 1. The lowest BCUT2D eigenvalue weighted by Gasteiger charge is -2.18. The van der Waals surface area contributed by atoms with Crippen LogP contribution in [0.3, 0.4) is 0 Å². The van der Waals surface area contributed by atoms with Crippen molar-refractivity contribution in [2.75, 3.05) is 19.0 Å². The van der Waals surface area contributed by atoms with E-state index in [-0.39, 0.29) is 5.57 Å². The second kappa shape index (κ2) is 10.3. The van der Waals surface area contributed by atoms with E-state index >= 15 is 0 Å². The van der Waals surface area contributed by atoms with Gasteiger partial charge in [-0.2, -0.15) is 5.26 Å². The Morgan fingerprint density at radius 2 is 2.13 bits per heavy atom. The number of ether oxygens (including phenoxy) is 2. The Kier molecular flexibility index (Phi) is 7.48. The SMILES string of the molecule is CCCOc1ccccc1/C=C(\C#N)C(=O)Nc1sc2c(c1C(=O)OC)CCC(C)C2. The number of nitrogens with zero attached hydrogens (tertiary/aromatic N) is 1. The van der Waals surface area contributed by atoms with E-state index in [1.165, 1.54) is 24.5 Å². The zero-order valence-electron chi connectivity index (χ0n) is 18.0. The van der Waals surface area contributed by atoms with Gasteiger partial charge in [0.15, 0.2) is 0 Å². The highest BCUT2D eigenvalue weighted by atomic mass is 32.1. The van der Waals surface area contributed by atoms with Gasteiger partial charge in [0.2, 0.25) is 0 Å². The van der Waals surface area contributed by atoms with Gasteiger partial charge in [-0.05, 0) is 49.3 Å². The van der Waals surface area contributed by atoms with Crippen molar-refractivity contribution >= 4 is 34.3 Å². The predicted octanol–water partition coefficient (Wildman–Crippen LogP) is 4.99. The number of hydrogen-bond acceptors (Lipinski definition) is 6. The van der Waals surface area contributed by atoms with Crippen LogP contribution in [0.1, 0.15) is 53.1 Å². The number of anilines is 1. The monoisotopic (exact) mass is 438 g/mol. The Balaban J connectivity index is 1.91. The van der Waals surface area contributed by atoms with Gasteiger partial charge in [-0.1, -0.05) is 32.0 Å². The van der Waals surface area contributed by atoms with E-state index in [4.69, 9.17) is 9.47 Å². The molecule has 0 spiro atoms. The molecule has 1 aliphatic carbocycles. The summed E-state index contributed by atoms with van der Waals surface area (Å²) in [6, 6.07) is 9.23. The molecule has 0 saturated heterocycles. The molecule has 3 rings (SSSR count). The Morgan fingerprint density at radius 1 is 1.35 bits per heavy atom. The first-order chi connectivity index (χ1) is 15.0. The lowest BCUT2D eigenvalue weighted by molar-refractivity contribution is -0.112. The summed E-state index contributed by atoms with van der Waals surface area (Å²) < 4.78 is 10.7. The van der Waals surface area contributed by atoms with E-state index in [1.807, 2.05) is 25.1 Å². The van der Waals surface area contributed by atoms with Gasteiger partial charge in [0, 0.05) is 10.4 Å². The van der Waals surface area contributed by atoms with E-state index in [2.05, 4.69) is 12.2 Å². The van der Waals surface area contributed by atoms with Gasteiger partial charge in [-0.3, -0.25) is 4.79 Å². The van der Waals surface area contributed by atoms with Gasteiger partial charge >= 0.3 is 5.97 Å². The Bertz CT molecular complexity index is 1050. The molecular formula is C24H26N2O4S. The van der Waals surface area contributed by atoms with Crippen LogP contribution >= 0.6 is 11.3 Å². The van der Waals surface area contributed by atoms with E-state index < -0.39 is 11.9 Å². The molecule has 31 heavy (non-hydrogen) atoms. The fourth-order valence-electron chi connectivity index (χ4n) is 3.57. The van der Waals surface area contributed by atoms with Gasteiger partial charge in [0.25, 0.3) is 5.91 Å². The van der Waals surface area contributed by atoms with Crippen LogP contribution in [-0.2, 0) is 22.4 Å². The third-order valence-electron chi connectivity index (χ3n) is 5.17. The Hall–Kier alpha value is -3.11. The first-order valence-corrected chi connectivity index (χ1v) is 11.2. The molecular weight excluding hydrogens is 412 g/mol. The highest BCUT2D eigenvalue weighted by Crippen LogP contribution is 2.40. The fourth-order valence-corrected chi connectivity index (χ4v) is 4.97. The molecule has 162 valence electrons. The molecule has 7 heteroatoms. The minimum absolute atomic E-state index is 0.0666. The number of esters is 1. The van der Waals surface area contributed by atoms with Crippen LogP contribution in [0, 0.1) is 17.2 Å². The topological polar surface area (TPSA) is 88.4 Å². The first-order valence-electron chi connectivity index (χ1n) is 10.4. The molecule has 1 aliphatic rings. The molecule has 1 N–H and O–H groups in total. The molecule has 0 saturated carbocycles. The van der Waals surface area contributed by atoms with Crippen LogP contribution in [0.25, 0.3) is 6.08 Å². The van der Waals surface area contributed by atoms with Crippen molar-refractivity contribution in [3.63, 3.8) is 0 Å². The lowest BCUT2D eigenvalue weighted by Crippen LogP contribution is -2.16. The third-order valence-corrected chi connectivity index (χ3v) is 6.34. The smallest absolute Gasteiger partial charge is 0.341 e. The zero-order chi connectivity index (χ0) is 22.4. The number of methoxy groups -OCH3 is 1. The standard InChI is InChI=1S/C24H26N2O4S/c1-4-11-30-19-8-6-5-7-16(19)13-17(14-25)22(27)26-23-21(24(28)29-3)18-10-9-15(2)12-20(18)31-23/h5-8,13,15H,4,9-12H2,1-3H3,(H,26,27)/b17-13+. The summed E-state index contributed by atoms with van der Waals surface area (Å²) in [6.45, 7) is 4.72. The summed E-state index contributed by atoms with van der Waals surface area (Å²) in [5.74, 6) is 0.0999. The number of carbonyl (C=O) groups is 2. The van der Waals surface area contributed by atoms with Crippen molar-refractivity contribution in [1.29, 1.82) is 5.26 Å². The number of nitriles is 1. The van der Waals surface area contributed by atoms with Crippen LogP contribution in [0.4, 0.5) is 5.00 Å². The van der Waals surface area contributed by atoms with E-state index in [9.17, 15) is 14.9 Å². The predicted molar refractivity (Wildman–Crippen MR) is 121 cm³/mol. The molecule has 0 bridgehead atoms. The molecule has 0 radical (unpaired) electrons. The average molecular weight is 439 g/mol. The normalized spacial score (nSPS) is 15.5. The highest BCUT2D eigenvalue weighted by Gasteiger charge is 2.29. The number of carbonyl (C=O) groups excluding carboxylic acids is 2. The van der Waals surface area contributed by atoms with Crippen molar-refractivity contribution in [3.8, 4) is 11.8 Å². The number of fused-ring (bicyclic) bond motifs is 1. The third kappa shape index (κ3) is 5.15. The van der Waals surface area contributed by atoms with E-state index in [0.717, 1.165) is 36.1 Å². The van der Waals surface area contributed by atoms with Crippen molar-refractivity contribution in [1.82, 2.24) is 0 Å².